The molecule has 1 atom stereocenters. The molecule has 1 aromatic heterocycles. The second-order valence-electron chi connectivity index (χ2n) is 7.35. The second-order valence-corrected chi connectivity index (χ2v) is 7.35. The van der Waals surface area contributed by atoms with Crippen molar-refractivity contribution in [2.75, 3.05) is 0 Å². The van der Waals surface area contributed by atoms with E-state index in [0.717, 1.165) is 32.2 Å². The van der Waals surface area contributed by atoms with E-state index >= 15 is 0 Å². The van der Waals surface area contributed by atoms with Crippen LogP contribution in [-0.2, 0) is 13.0 Å². The van der Waals surface area contributed by atoms with Crippen molar-refractivity contribution in [3.63, 3.8) is 0 Å². The first kappa shape index (κ1) is 17.8. The average molecular weight is 341 g/mol. The van der Waals surface area contributed by atoms with Crippen molar-refractivity contribution in [1.82, 2.24) is 15.2 Å². The lowest BCUT2D eigenvalue weighted by molar-refractivity contribution is 0.229. The first-order valence-corrected chi connectivity index (χ1v) is 9.81. The lowest BCUT2D eigenvalue weighted by Crippen LogP contribution is -2.46. The van der Waals surface area contributed by atoms with Gasteiger partial charge < -0.3 is 15.2 Å². The predicted molar refractivity (Wildman–Crippen MR) is 104 cm³/mol. The third-order valence-corrected chi connectivity index (χ3v) is 5.38. The molecule has 2 amide bonds. The molecule has 1 aromatic carbocycles. The molecule has 4 heteroatoms. The van der Waals surface area contributed by atoms with Gasteiger partial charge in [0.25, 0.3) is 0 Å². The molecule has 2 aromatic rings. The zero-order chi connectivity index (χ0) is 17.6. The Bertz CT molecular complexity index is 700. The molecule has 3 rings (SSSR count). The fourth-order valence-electron chi connectivity index (χ4n) is 3.93. The molecule has 1 fully saturated rings. The minimum Gasteiger partial charge on any atom is -0.347 e. The van der Waals surface area contributed by atoms with Gasteiger partial charge in [-0.15, -0.1) is 0 Å². The fraction of sp³-hybridized carbons (Fsp3) is 0.571. The van der Waals surface area contributed by atoms with Crippen LogP contribution in [-0.4, -0.2) is 22.7 Å². The number of benzene rings is 1. The number of rotatable bonds is 6. The summed E-state index contributed by atoms with van der Waals surface area (Å²) in [6.07, 6.45) is 10.2. The van der Waals surface area contributed by atoms with Crippen LogP contribution in [0.1, 0.15) is 57.9 Å². The van der Waals surface area contributed by atoms with Gasteiger partial charge in [-0.1, -0.05) is 37.5 Å². The zero-order valence-corrected chi connectivity index (χ0v) is 15.6. The van der Waals surface area contributed by atoms with E-state index in [1.165, 1.54) is 35.7 Å². The highest BCUT2D eigenvalue weighted by Crippen LogP contribution is 2.23. The molecule has 1 heterocycles. The maximum Gasteiger partial charge on any atom is 0.315 e. The van der Waals surface area contributed by atoms with Gasteiger partial charge in [0.15, 0.2) is 0 Å². The molecule has 0 radical (unpaired) electrons. The molecule has 0 aliphatic heterocycles. The summed E-state index contributed by atoms with van der Waals surface area (Å²) in [7, 11) is 0. The summed E-state index contributed by atoms with van der Waals surface area (Å²) in [6, 6.07) is 9.11. The summed E-state index contributed by atoms with van der Waals surface area (Å²) in [5.41, 5.74) is 2.68. The quantitative estimate of drug-likeness (QED) is 0.791. The third kappa shape index (κ3) is 4.56. The average Bonchev–Trinajstić information content (AvgIpc) is 2.99. The summed E-state index contributed by atoms with van der Waals surface area (Å²) < 4.78 is 2.30. The number of fused-ring (bicyclic) bond motifs is 1. The lowest BCUT2D eigenvalue weighted by atomic mass is 9.96. The van der Waals surface area contributed by atoms with Gasteiger partial charge in [0.2, 0.25) is 0 Å². The third-order valence-electron chi connectivity index (χ3n) is 5.38. The topological polar surface area (TPSA) is 46.1 Å². The number of carbonyl (C=O) groups is 1. The monoisotopic (exact) mass is 341 g/mol. The van der Waals surface area contributed by atoms with E-state index in [2.05, 4.69) is 59.5 Å². The molecule has 1 aliphatic rings. The van der Waals surface area contributed by atoms with Crippen molar-refractivity contribution in [2.45, 2.75) is 77.4 Å². The number of carbonyl (C=O) groups excluding carboxylic acids is 1. The van der Waals surface area contributed by atoms with E-state index in [1.54, 1.807) is 0 Å². The molecule has 25 heavy (non-hydrogen) atoms. The van der Waals surface area contributed by atoms with Crippen LogP contribution in [0, 0.1) is 0 Å². The van der Waals surface area contributed by atoms with Crippen molar-refractivity contribution >= 4 is 16.9 Å². The van der Waals surface area contributed by atoms with E-state index in [4.69, 9.17) is 0 Å². The molecule has 1 unspecified atom stereocenters. The van der Waals surface area contributed by atoms with E-state index in [9.17, 15) is 4.79 Å². The highest BCUT2D eigenvalue weighted by atomic mass is 16.2. The SMILES string of the molecule is CCn1cc(CCC(C)NC(=O)NC2CCCCC2)c2ccccc21. The van der Waals surface area contributed by atoms with Gasteiger partial charge in [0.1, 0.15) is 0 Å². The normalized spacial score (nSPS) is 16.7. The lowest BCUT2D eigenvalue weighted by Gasteiger charge is -2.24. The standard InChI is InChI=1S/C21H31N3O/c1-3-24-15-17(19-11-7-8-12-20(19)24)14-13-16(2)22-21(25)23-18-9-5-4-6-10-18/h7-8,11-12,15-16,18H,3-6,9-10,13-14H2,1-2H3,(H2,22,23,25). The zero-order valence-electron chi connectivity index (χ0n) is 15.6. The Morgan fingerprint density at radius 3 is 2.76 bits per heavy atom. The number of hydrogen-bond acceptors (Lipinski definition) is 1. The van der Waals surface area contributed by atoms with Crippen LogP contribution in [0.3, 0.4) is 0 Å². The maximum atomic E-state index is 12.2. The van der Waals surface area contributed by atoms with Gasteiger partial charge in [-0.25, -0.2) is 4.79 Å². The number of aryl methyl sites for hydroxylation is 2. The number of aromatic nitrogens is 1. The summed E-state index contributed by atoms with van der Waals surface area (Å²) in [6.45, 7) is 5.26. The van der Waals surface area contributed by atoms with Crippen LogP contribution in [0.2, 0.25) is 0 Å². The number of nitrogens with one attached hydrogen (secondary N) is 2. The van der Waals surface area contributed by atoms with E-state index in [0.29, 0.717) is 6.04 Å². The molecular weight excluding hydrogens is 310 g/mol. The highest BCUT2D eigenvalue weighted by molar-refractivity contribution is 5.84. The number of amides is 2. The first-order valence-electron chi connectivity index (χ1n) is 9.81. The maximum absolute atomic E-state index is 12.2. The van der Waals surface area contributed by atoms with Gasteiger partial charge in [-0.2, -0.15) is 0 Å². The van der Waals surface area contributed by atoms with E-state index < -0.39 is 0 Å². The largest absolute Gasteiger partial charge is 0.347 e. The summed E-state index contributed by atoms with van der Waals surface area (Å²) in [5, 5.41) is 7.58. The number of hydrogen-bond donors (Lipinski definition) is 2. The molecule has 136 valence electrons. The number of para-hydroxylation sites is 1. The molecule has 4 nitrogen and oxygen atoms in total. The van der Waals surface area contributed by atoms with E-state index in [1.807, 2.05) is 0 Å². The van der Waals surface area contributed by atoms with Gasteiger partial charge in [0, 0.05) is 35.7 Å². The van der Waals surface area contributed by atoms with Crippen molar-refractivity contribution in [3.8, 4) is 0 Å². The van der Waals surface area contributed by atoms with Crippen molar-refractivity contribution < 1.29 is 4.79 Å². The summed E-state index contributed by atoms with van der Waals surface area (Å²) in [4.78, 5) is 12.2. The van der Waals surface area contributed by atoms with Crippen LogP contribution >= 0.6 is 0 Å². The predicted octanol–water partition coefficient (Wildman–Crippen LogP) is 4.61. The van der Waals surface area contributed by atoms with Gasteiger partial charge >= 0.3 is 6.03 Å². The fourth-order valence-corrected chi connectivity index (χ4v) is 3.93. The number of urea groups is 1. The minimum absolute atomic E-state index is 0.00427. The Morgan fingerprint density at radius 1 is 1.24 bits per heavy atom. The molecule has 0 bridgehead atoms. The highest BCUT2D eigenvalue weighted by Gasteiger charge is 2.17. The Labute approximate surface area is 151 Å². The Morgan fingerprint density at radius 2 is 2.00 bits per heavy atom. The minimum atomic E-state index is -0.00427. The van der Waals surface area contributed by atoms with E-state index in [-0.39, 0.29) is 12.1 Å². The second kappa shape index (κ2) is 8.41. The van der Waals surface area contributed by atoms with Gasteiger partial charge in [-0.05, 0) is 51.2 Å². The first-order chi connectivity index (χ1) is 12.2. The Kier molecular flexibility index (Phi) is 6.00. The van der Waals surface area contributed by atoms with Gasteiger partial charge in [-0.3, -0.25) is 0 Å². The molecular formula is C21H31N3O. The molecule has 0 spiro atoms. The number of nitrogens with zero attached hydrogens (tertiary/aromatic N) is 1. The van der Waals surface area contributed by atoms with Crippen LogP contribution in [0.15, 0.2) is 30.5 Å². The summed E-state index contributed by atoms with van der Waals surface area (Å²) in [5.74, 6) is 0. The van der Waals surface area contributed by atoms with Crippen LogP contribution < -0.4 is 10.6 Å². The van der Waals surface area contributed by atoms with Crippen molar-refractivity contribution in [3.05, 3.63) is 36.0 Å². The summed E-state index contributed by atoms with van der Waals surface area (Å²) >= 11 is 0. The van der Waals surface area contributed by atoms with Gasteiger partial charge in [0.05, 0.1) is 0 Å². The van der Waals surface area contributed by atoms with Crippen LogP contribution in [0.4, 0.5) is 4.79 Å². The Balaban J connectivity index is 1.52. The molecule has 0 saturated heterocycles. The molecule has 2 N–H and O–H groups in total. The smallest absolute Gasteiger partial charge is 0.315 e. The molecule has 1 saturated carbocycles. The van der Waals surface area contributed by atoms with Crippen molar-refractivity contribution in [2.24, 2.45) is 0 Å². The van der Waals surface area contributed by atoms with Crippen LogP contribution in [0.25, 0.3) is 10.9 Å². The molecule has 1 aliphatic carbocycles. The van der Waals surface area contributed by atoms with Crippen molar-refractivity contribution in [1.29, 1.82) is 0 Å². The Hall–Kier alpha value is -1.97. The van der Waals surface area contributed by atoms with Crippen LogP contribution in [0.5, 0.6) is 0 Å².